The Hall–Kier alpha value is -0.930. The van der Waals surface area contributed by atoms with Crippen molar-refractivity contribution in [1.29, 1.82) is 0 Å². The van der Waals surface area contributed by atoms with Crippen molar-refractivity contribution in [2.45, 2.75) is 26.9 Å². The fraction of sp³-hybridized carbons (Fsp3) is 0.462. The van der Waals surface area contributed by atoms with Crippen LogP contribution < -0.4 is 4.74 Å². The van der Waals surface area contributed by atoms with Gasteiger partial charge in [0, 0.05) is 18.1 Å². The summed E-state index contributed by atoms with van der Waals surface area (Å²) in [5.74, 6) is 0.417. The number of benzene rings is 1. The molecule has 0 N–H and O–H groups in total. The number of hydrogen-bond acceptors (Lipinski definition) is 2. The Bertz CT molecular complexity index is 419. The van der Waals surface area contributed by atoms with E-state index in [0.29, 0.717) is 28.9 Å². The summed E-state index contributed by atoms with van der Waals surface area (Å²) in [6, 6.07) is 4.93. The second kappa shape index (κ2) is 6.86. The largest absolute Gasteiger partial charge is 0.479 e. The van der Waals surface area contributed by atoms with Gasteiger partial charge in [0.15, 0.2) is 6.10 Å². The lowest BCUT2D eigenvalue weighted by Crippen LogP contribution is -2.40. The maximum absolute atomic E-state index is 12.0. The Balaban J connectivity index is 2.75. The summed E-state index contributed by atoms with van der Waals surface area (Å²) in [5.41, 5.74) is 0. The normalized spacial score (nSPS) is 12.1. The number of rotatable bonds is 5. The Morgan fingerprint density at radius 2 is 1.94 bits per heavy atom. The lowest BCUT2D eigenvalue weighted by atomic mass is 10.3. The zero-order valence-corrected chi connectivity index (χ0v) is 12.3. The van der Waals surface area contributed by atoms with Gasteiger partial charge >= 0.3 is 0 Å². The van der Waals surface area contributed by atoms with Gasteiger partial charge in [0.1, 0.15) is 5.75 Å². The fourth-order valence-corrected chi connectivity index (χ4v) is 2.06. The van der Waals surface area contributed by atoms with E-state index in [1.54, 1.807) is 30.0 Å². The molecule has 100 valence electrons. The molecule has 0 aliphatic heterocycles. The van der Waals surface area contributed by atoms with Gasteiger partial charge in [-0.1, -0.05) is 23.2 Å². The second-order valence-corrected chi connectivity index (χ2v) is 4.69. The molecule has 0 bridgehead atoms. The van der Waals surface area contributed by atoms with Gasteiger partial charge in [0.2, 0.25) is 0 Å². The zero-order chi connectivity index (χ0) is 13.7. The molecule has 1 amide bonds. The summed E-state index contributed by atoms with van der Waals surface area (Å²) < 4.78 is 5.56. The topological polar surface area (TPSA) is 29.5 Å². The van der Waals surface area contributed by atoms with Crippen molar-refractivity contribution in [2.24, 2.45) is 0 Å². The van der Waals surface area contributed by atoms with Crippen LogP contribution in [0, 0.1) is 0 Å². The third kappa shape index (κ3) is 3.79. The SMILES string of the molecule is CCN(CC)C(=O)[C@@H](C)Oc1ccc(Cl)cc1Cl. The molecule has 18 heavy (non-hydrogen) atoms. The molecule has 0 heterocycles. The second-order valence-electron chi connectivity index (χ2n) is 3.85. The van der Waals surface area contributed by atoms with Crippen LogP contribution in [-0.2, 0) is 4.79 Å². The van der Waals surface area contributed by atoms with E-state index in [1.165, 1.54) is 0 Å². The van der Waals surface area contributed by atoms with E-state index in [1.807, 2.05) is 13.8 Å². The molecule has 0 radical (unpaired) electrons. The molecule has 0 fully saturated rings. The third-order valence-corrected chi connectivity index (χ3v) is 3.15. The van der Waals surface area contributed by atoms with Crippen molar-refractivity contribution in [1.82, 2.24) is 4.90 Å². The number of amides is 1. The molecule has 1 aromatic rings. The standard InChI is InChI=1S/C13H17Cl2NO2/c1-4-16(5-2)13(17)9(3)18-12-7-6-10(14)8-11(12)15/h6-9H,4-5H2,1-3H3/t9-/m1/s1. The third-order valence-electron chi connectivity index (χ3n) is 2.62. The average Bonchev–Trinajstić information content (AvgIpc) is 2.34. The molecule has 5 heteroatoms. The van der Waals surface area contributed by atoms with Gasteiger partial charge in [-0.3, -0.25) is 4.79 Å². The van der Waals surface area contributed by atoms with E-state index in [0.717, 1.165) is 0 Å². The first-order chi connectivity index (χ1) is 8.49. The first kappa shape index (κ1) is 15.1. The van der Waals surface area contributed by atoms with Crippen molar-refractivity contribution in [2.75, 3.05) is 13.1 Å². The van der Waals surface area contributed by atoms with Crippen molar-refractivity contribution < 1.29 is 9.53 Å². The Morgan fingerprint density at radius 3 is 2.44 bits per heavy atom. The van der Waals surface area contributed by atoms with Crippen LogP contribution in [0.1, 0.15) is 20.8 Å². The van der Waals surface area contributed by atoms with Crippen LogP contribution in [-0.4, -0.2) is 30.0 Å². The molecule has 1 atom stereocenters. The predicted octanol–water partition coefficient (Wildman–Crippen LogP) is 3.63. The van der Waals surface area contributed by atoms with Crippen LogP contribution in [0.2, 0.25) is 10.0 Å². The van der Waals surface area contributed by atoms with Crippen LogP contribution in [0.3, 0.4) is 0 Å². The number of nitrogens with zero attached hydrogens (tertiary/aromatic N) is 1. The van der Waals surface area contributed by atoms with Gasteiger partial charge in [-0.2, -0.15) is 0 Å². The zero-order valence-electron chi connectivity index (χ0n) is 10.7. The highest BCUT2D eigenvalue weighted by atomic mass is 35.5. The quantitative estimate of drug-likeness (QED) is 0.828. The molecule has 0 aromatic heterocycles. The average molecular weight is 290 g/mol. The van der Waals surface area contributed by atoms with Crippen LogP contribution in [0.25, 0.3) is 0 Å². The summed E-state index contributed by atoms with van der Waals surface area (Å²) in [5, 5.41) is 0.941. The lowest BCUT2D eigenvalue weighted by molar-refractivity contribution is -0.137. The van der Waals surface area contributed by atoms with E-state index in [-0.39, 0.29) is 5.91 Å². The number of carbonyl (C=O) groups excluding carboxylic acids is 1. The molecular weight excluding hydrogens is 273 g/mol. The van der Waals surface area contributed by atoms with E-state index >= 15 is 0 Å². The Kier molecular flexibility index (Phi) is 5.76. The number of carbonyl (C=O) groups is 1. The van der Waals surface area contributed by atoms with E-state index in [9.17, 15) is 4.79 Å². The maximum atomic E-state index is 12.0. The molecule has 0 saturated carbocycles. The molecule has 0 spiro atoms. The Morgan fingerprint density at radius 1 is 1.33 bits per heavy atom. The molecule has 0 saturated heterocycles. The van der Waals surface area contributed by atoms with Crippen LogP contribution in [0.15, 0.2) is 18.2 Å². The number of likely N-dealkylation sites (N-methyl/N-ethyl adjacent to an activating group) is 1. The molecule has 1 aromatic carbocycles. The minimum atomic E-state index is -0.566. The van der Waals surface area contributed by atoms with Crippen LogP contribution in [0.5, 0.6) is 5.75 Å². The Labute approximate surface area is 118 Å². The molecular formula is C13H17Cl2NO2. The summed E-state index contributed by atoms with van der Waals surface area (Å²) >= 11 is 11.8. The summed E-state index contributed by atoms with van der Waals surface area (Å²) in [4.78, 5) is 13.7. The molecule has 0 aliphatic rings. The summed E-state index contributed by atoms with van der Waals surface area (Å²) in [7, 11) is 0. The van der Waals surface area contributed by atoms with Gasteiger partial charge < -0.3 is 9.64 Å². The number of halogens is 2. The lowest BCUT2D eigenvalue weighted by Gasteiger charge is -2.23. The predicted molar refractivity (Wildman–Crippen MR) is 74.5 cm³/mol. The van der Waals surface area contributed by atoms with Crippen LogP contribution >= 0.6 is 23.2 Å². The summed E-state index contributed by atoms with van der Waals surface area (Å²) in [6.07, 6.45) is -0.566. The fourth-order valence-electron chi connectivity index (χ4n) is 1.60. The number of hydrogen-bond donors (Lipinski definition) is 0. The van der Waals surface area contributed by atoms with Crippen molar-refractivity contribution in [3.8, 4) is 5.75 Å². The van der Waals surface area contributed by atoms with Crippen molar-refractivity contribution in [3.63, 3.8) is 0 Å². The van der Waals surface area contributed by atoms with Crippen LogP contribution in [0.4, 0.5) is 0 Å². The van der Waals surface area contributed by atoms with Gasteiger partial charge in [-0.05, 0) is 39.0 Å². The van der Waals surface area contributed by atoms with E-state index in [4.69, 9.17) is 27.9 Å². The van der Waals surface area contributed by atoms with Gasteiger partial charge in [0.05, 0.1) is 5.02 Å². The first-order valence-corrected chi connectivity index (χ1v) is 6.65. The highest BCUT2D eigenvalue weighted by Crippen LogP contribution is 2.28. The maximum Gasteiger partial charge on any atom is 0.263 e. The molecule has 0 unspecified atom stereocenters. The van der Waals surface area contributed by atoms with E-state index < -0.39 is 6.10 Å². The first-order valence-electron chi connectivity index (χ1n) is 5.90. The van der Waals surface area contributed by atoms with Crippen molar-refractivity contribution >= 4 is 29.1 Å². The highest BCUT2D eigenvalue weighted by Gasteiger charge is 2.20. The minimum absolute atomic E-state index is 0.0500. The highest BCUT2D eigenvalue weighted by molar-refractivity contribution is 6.35. The molecule has 1 rings (SSSR count). The monoisotopic (exact) mass is 289 g/mol. The van der Waals surface area contributed by atoms with Gasteiger partial charge in [0.25, 0.3) is 5.91 Å². The number of ether oxygens (including phenoxy) is 1. The van der Waals surface area contributed by atoms with Crippen molar-refractivity contribution in [3.05, 3.63) is 28.2 Å². The minimum Gasteiger partial charge on any atom is -0.479 e. The van der Waals surface area contributed by atoms with Gasteiger partial charge in [-0.25, -0.2) is 0 Å². The molecule has 3 nitrogen and oxygen atoms in total. The van der Waals surface area contributed by atoms with E-state index in [2.05, 4.69) is 0 Å². The smallest absolute Gasteiger partial charge is 0.263 e. The van der Waals surface area contributed by atoms with Gasteiger partial charge in [-0.15, -0.1) is 0 Å². The molecule has 0 aliphatic carbocycles. The summed E-state index contributed by atoms with van der Waals surface area (Å²) in [6.45, 7) is 6.91.